The number of nitrogens with one attached hydrogen (secondary N) is 1. The van der Waals surface area contributed by atoms with Crippen molar-refractivity contribution in [2.75, 3.05) is 13.1 Å². The van der Waals surface area contributed by atoms with Crippen molar-refractivity contribution in [2.45, 2.75) is 25.4 Å². The summed E-state index contributed by atoms with van der Waals surface area (Å²) in [5.41, 5.74) is 0.815. The standard InChI is InChI=1S/C14H17IN2O/c1-9-6-11-7-16-8-13(11)17(9)14(18)10-2-4-12(15)5-3-10/h2-5,9,11,13,16H,6-8H2,1H3. The fraction of sp³-hybridized carbons (Fsp3) is 0.500. The third-order valence-corrected chi connectivity index (χ3v) is 4.83. The monoisotopic (exact) mass is 356 g/mol. The Morgan fingerprint density at radius 2 is 2.06 bits per heavy atom. The van der Waals surface area contributed by atoms with Crippen molar-refractivity contribution in [3.8, 4) is 0 Å². The fourth-order valence-corrected chi connectivity index (χ4v) is 3.62. The molecule has 0 spiro atoms. The molecular formula is C14H17IN2O. The van der Waals surface area contributed by atoms with Crippen molar-refractivity contribution >= 4 is 28.5 Å². The lowest BCUT2D eigenvalue weighted by molar-refractivity contribution is 0.0682. The first-order valence-corrected chi connectivity index (χ1v) is 7.53. The average molecular weight is 356 g/mol. The van der Waals surface area contributed by atoms with Gasteiger partial charge in [-0.2, -0.15) is 0 Å². The van der Waals surface area contributed by atoms with Crippen molar-refractivity contribution in [1.29, 1.82) is 0 Å². The molecule has 2 saturated heterocycles. The summed E-state index contributed by atoms with van der Waals surface area (Å²) in [4.78, 5) is 14.7. The van der Waals surface area contributed by atoms with Crippen LogP contribution in [0.3, 0.4) is 0 Å². The smallest absolute Gasteiger partial charge is 0.254 e. The number of benzene rings is 1. The van der Waals surface area contributed by atoms with Gasteiger partial charge in [-0.25, -0.2) is 0 Å². The predicted molar refractivity (Wildman–Crippen MR) is 79.6 cm³/mol. The lowest BCUT2D eigenvalue weighted by Crippen LogP contribution is -2.42. The number of fused-ring (bicyclic) bond motifs is 1. The Morgan fingerprint density at radius 3 is 2.78 bits per heavy atom. The summed E-state index contributed by atoms with van der Waals surface area (Å²) < 4.78 is 1.17. The van der Waals surface area contributed by atoms with Crippen LogP contribution < -0.4 is 5.32 Å². The first-order chi connectivity index (χ1) is 8.66. The highest BCUT2D eigenvalue weighted by Gasteiger charge is 2.44. The maximum absolute atomic E-state index is 12.6. The molecule has 0 aromatic heterocycles. The highest BCUT2D eigenvalue weighted by atomic mass is 127. The zero-order valence-electron chi connectivity index (χ0n) is 10.4. The predicted octanol–water partition coefficient (Wildman–Crippen LogP) is 2.11. The summed E-state index contributed by atoms with van der Waals surface area (Å²) in [5.74, 6) is 0.836. The number of hydrogen-bond acceptors (Lipinski definition) is 2. The van der Waals surface area contributed by atoms with Gasteiger partial charge in [0.2, 0.25) is 0 Å². The SMILES string of the molecule is CC1CC2CNCC2N1C(=O)c1ccc(I)cc1. The molecule has 0 bridgehead atoms. The van der Waals surface area contributed by atoms with E-state index in [9.17, 15) is 4.79 Å². The van der Waals surface area contributed by atoms with E-state index >= 15 is 0 Å². The molecule has 1 N–H and O–H groups in total. The number of nitrogens with zero attached hydrogens (tertiary/aromatic N) is 1. The number of hydrogen-bond donors (Lipinski definition) is 1. The Bertz CT molecular complexity index is 459. The molecule has 18 heavy (non-hydrogen) atoms. The van der Waals surface area contributed by atoms with Crippen LogP contribution in [0, 0.1) is 9.49 Å². The van der Waals surface area contributed by atoms with Crippen LogP contribution in [0.4, 0.5) is 0 Å². The van der Waals surface area contributed by atoms with E-state index in [-0.39, 0.29) is 5.91 Å². The molecule has 0 aliphatic carbocycles. The van der Waals surface area contributed by atoms with Gasteiger partial charge in [-0.3, -0.25) is 4.79 Å². The molecule has 0 saturated carbocycles. The van der Waals surface area contributed by atoms with E-state index in [1.54, 1.807) is 0 Å². The van der Waals surface area contributed by atoms with E-state index in [0.29, 0.717) is 18.0 Å². The van der Waals surface area contributed by atoms with Crippen LogP contribution in [0.2, 0.25) is 0 Å². The van der Waals surface area contributed by atoms with Crippen LogP contribution in [0.25, 0.3) is 0 Å². The Labute approximate surface area is 121 Å². The highest BCUT2D eigenvalue weighted by Crippen LogP contribution is 2.33. The first kappa shape index (κ1) is 12.4. The average Bonchev–Trinajstić information content (AvgIpc) is 2.89. The molecule has 3 rings (SSSR count). The quantitative estimate of drug-likeness (QED) is 0.782. The van der Waals surface area contributed by atoms with Gasteiger partial charge >= 0.3 is 0 Å². The Hall–Kier alpha value is -0.620. The second-order valence-electron chi connectivity index (χ2n) is 5.29. The van der Waals surface area contributed by atoms with Crippen LogP contribution in [0.1, 0.15) is 23.7 Å². The molecule has 0 radical (unpaired) electrons. The number of halogens is 1. The molecule has 3 atom stereocenters. The van der Waals surface area contributed by atoms with Crippen LogP contribution in [-0.2, 0) is 0 Å². The Balaban J connectivity index is 1.85. The molecule has 1 aromatic rings. The Kier molecular flexibility index (Phi) is 3.32. The minimum absolute atomic E-state index is 0.190. The molecule has 1 amide bonds. The van der Waals surface area contributed by atoms with Gasteiger partial charge in [-0.1, -0.05) is 0 Å². The molecule has 2 aliphatic rings. The van der Waals surface area contributed by atoms with E-state index in [0.717, 1.165) is 25.1 Å². The fourth-order valence-electron chi connectivity index (χ4n) is 3.26. The van der Waals surface area contributed by atoms with Gasteiger partial charge in [0.05, 0.1) is 0 Å². The van der Waals surface area contributed by atoms with Gasteiger partial charge in [0.15, 0.2) is 0 Å². The third kappa shape index (κ3) is 2.05. The summed E-state index contributed by atoms with van der Waals surface area (Å²) in [6.07, 6.45) is 1.13. The van der Waals surface area contributed by atoms with E-state index in [1.807, 2.05) is 24.3 Å². The number of amides is 1. The zero-order chi connectivity index (χ0) is 12.7. The Morgan fingerprint density at radius 1 is 1.33 bits per heavy atom. The molecule has 2 heterocycles. The van der Waals surface area contributed by atoms with Crippen molar-refractivity contribution in [2.24, 2.45) is 5.92 Å². The molecule has 3 nitrogen and oxygen atoms in total. The summed E-state index contributed by atoms with van der Waals surface area (Å²) in [5, 5.41) is 3.40. The molecule has 2 aliphatic heterocycles. The van der Waals surface area contributed by atoms with Gasteiger partial charge in [-0.15, -0.1) is 0 Å². The number of carbonyl (C=O) groups is 1. The van der Waals surface area contributed by atoms with Crippen molar-refractivity contribution < 1.29 is 4.79 Å². The number of likely N-dealkylation sites (tertiary alicyclic amines) is 1. The molecule has 1 aromatic carbocycles. The van der Waals surface area contributed by atoms with Crippen molar-refractivity contribution in [3.63, 3.8) is 0 Å². The summed E-state index contributed by atoms with van der Waals surface area (Å²) >= 11 is 2.26. The van der Waals surface area contributed by atoms with Crippen LogP contribution >= 0.6 is 22.6 Å². The normalized spacial score (nSPS) is 30.6. The molecule has 4 heteroatoms. The highest BCUT2D eigenvalue weighted by molar-refractivity contribution is 14.1. The van der Waals surface area contributed by atoms with Crippen LogP contribution in [-0.4, -0.2) is 36.0 Å². The summed E-state index contributed by atoms with van der Waals surface area (Å²) in [6, 6.07) is 8.64. The van der Waals surface area contributed by atoms with E-state index in [4.69, 9.17) is 0 Å². The summed E-state index contributed by atoms with van der Waals surface area (Å²) in [7, 11) is 0. The summed E-state index contributed by atoms with van der Waals surface area (Å²) in [6.45, 7) is 4.18. The minimum atomic E-state index is 0.190. The maximum atomic E-state index is 12.6. The van der Waals surface area contributed by atoms with Gasteiger partial charge < -0.3 is 10.2 Å². The lowest BCUT2D eigenvalue weighted by Gasteiger charge is -2.27. The lowest BCUT2D eigenvalue weighted by atomic mass is 10.0. The minimum Gasteiger partial charge on any atom is -0.331 e. The largest absolute Gasteiger partial charge is 0.331 e. The van der Waals surface area contributed by atoms with Crippen LogP contribution in [0.5, 0.6) is 0 Å². The topological polar surface area (TPSA) is 32.3 Å². The van der Waals surface area contributed by atoms with Crippen LogP contribution in [0.15, 0.2) is 24.3 Å². The molecule has 2 fully saturated rings. The number of rotatable bonds is 1. The second-order valence-corrected chi connectivity index (χ2v) is 6.54. The van der Waals surface area contributed by atoms with Gasteiger partial charge in [0, 0.05) is 34.3 Å². The first-order valence-electron chi connectivity index (χ1n) is 6.46. The zero-order valence-corrected chi connectivity index (χ0v) is 12.6. The number of carbonyl (C=O) groups excluding carboxylic acids is 1. The van der Waals surface area contributed by atoms with Crippen molar-refractivity contribution in [1.82, 2.24) is 10.2 Å². The molecule has 96 valence electrons. The van der Waals surface area contributed by atoms with Gasteiger partial charge in [-0.05, 0) is 66.1 Å². The third-order valence-electron chi connectivity index (χ3n) is 4.11. The van der Waals surface area contributed by atoms with Gasteiger partial charge in [0.25, 0.3) is 5.91 Å². The second kappa shape index (κ2) is 4.81. The van der Waals surface area contributed by atoms with E-state index < -0.39 is 0 Å². The van der Waals surface area contributed by atoms with Crippen molar-refractivity contribution in [3.05, 3.63) is 33.4 Å². The maximum Gasteiger partial charge on any atom is 0.254 e. The molecular weight excluding hydrogens is 339 g/mol. The molecule has 3 unspecified atom stereocenters. The van der Waals surface area contributed by atoms with E-state index in [2.05, 4.69) is 39.7 Å². The van der Waals surface area contributed by atoms with Gasteiger partial charge in [0.1, 0.15) is 0 Å². The van der Waals surface area contributed by atoms with E-state index in [1.165, 1.54) is 3.57 Å².